The average Bonchev–Trinajstić information content (AvgIpc) is 2.48. The van der Waals surface area contributed by atoms with Gasteiger partial charge in [-0.25, -0.2) is 0 Å². The van der Waals surface area contributed by atoms with Gasteiger partial charge in [0, 0.05) is 11.9 Å². The molecule has 0 aromatic heterocycles. The van der Waals surface area contributed by atoms with Gasteiger partial charge in [0.1, 0.15) is 5.75 Å². The minimum absolute atomic E-state index is 0.0603. The molecule has 0 fully saturated rings. The maximum absolute atomic E-state index is 12.2. The SMILES string of the molecule is CCC(CC)CNC(=O)c1ccc2ccccc2c1O. The molecule has 0 atom stereocenters. The monoisotopic (exact) mass is 271 g/mol. The third kappa shape index (κ3) is 2.93. The molecule has 0 heterocycles. The molecule has 2 rings (SSSR count). The van der Waals surface area contributed by atoms with Gasteiger partial charge in [-0.15, -0.1) is 0 Å². The van der Waals surface area contributed by atoms with E-state index in [1.165, 1.54) is 0 Å². The van der Waals surface area contributed by atoms with Gasteiger partial charge in [0.25, 0.3) is 5.91 Å². The van der Waals surface area contributed by atoms with Crippen molar-refractivity contribution in [3.05, 3.63) is 42.0 Å². The molecule has 0 saturated heterocycles. The van der Waals surface area contributed by atoms with Crippen LogP contribution in [0.2, 0.25) is 0 Å². The Hall–Kier alpha value is -2.03. The molecular weight excluding hydrogens is 250 g/mol. The first-order valence-corrected chi connectivity index (χ1v) is 7.16. The number of hydrogen-bond acceptors (Lipinski definition) is 2. The molecule has 0 radical (unpaired) electrons. The van der Waals surface area contributed by atoms with Crippen molar-refractivity contribution in [1.82, 2.24) is 5.32 Å². The van der Waals surface area contributed by atoms with E-state index in [0.717, 1.165) is 18.2 Å². The van der Waals surface area contributed by atoms with E-state index in [4.69, 9.17) is 0 Å². The molecule has 0 aliphatic carbocycles. The Morgan fingerprint density at radius 3 is 2.55 bits per heavy atom. The van der Waals surface area contributed by atoms with Gasteiger partial charge in [0.2, 0.25) is 0 Å². The number of carbonyl (C=O) groups is 1. The minimum atomic E-state index is -0.208. The van der Waals surface area contributed by atoms with E-state index in [-0.39, 0.29) is 11.7 Å². The van der Waals surface area contributed by atoms with Crippen LogP contribution in [0.3, 0.4) is 0 Å². The van der Waals surface area contributed by atoms with Crippen LogP contribution in [0.15, 0.2) is 36.4 Å². The van der Waals surface area contributed by atoms with Crippen LogP contribution in [-0.2, 0) is 0 Å². The lowest BCUT2D eigenvalue weighted by molar-refractivity contribution is 0.0944. The summed E-state index contributed by atoms with van der Waals surface area (Å²) in [6.45, 7) is 4.89. The number of amides is 1. The van der Waals surface area contributed by atoms with Crippen LogP contribution < -0.4 is 5.32 Å². The van der Waals surface area contributed by atoms with Crippen LogP contribution in [0.1, 0.15) is 37.0 Å². The number of fused-ring (bicyclic) bond motifs is 1. The predicted octanol–water partition coefficient (Wildman–Crippen LogP) is 3.71. The maximum atomic E-state index is 12.2. The lowest BCUT2D eigenvalue weighted by Gasteiger charge is -2.14. The van der Waals surface area contributed by atoms with E-state index < -0.39 is 0 Å². The number of carbonyl (C=O) groups excluding carboxylic acids is 1. The third-order valence-electron chi connectivity index (χ3n) is 3.85. The second kappa shape index (κ2) is 6.42. The first kappa shape index (κ1) is 14.4. The van der Waals surface area contributed by atoms with Crippen LogP contribution in [0.4, 0.5) is 0 Å². The second-order valence-electron chi connectivity index (χ2n) is 5.08. The van der Waals surface area contributed by atoms with Gasteiger partial charge in [-0.05, 0) is 17.4 Å². The fraction of sp³-hybridized carbons (Fsp3) is 0.353. The van der Waals surface area contributed by atoms with Crippen molar-refractivity contribution in [2.45, 2.75) is 26.7 Å². The summed E-state index contributed by atoms with van der Waals surface area (Å²) in [6.07, 6.45) is 2.08. The number of phenolic OH excluding ortho intramolecular Hbond substituents is 1. The number of rotatable bonds is 5. The average molecular weight is 271 g/mol. The quantitative estimate of drug-likeness (QED) is 0.871. The van der Waals surface area contributed by atoms with Crippen molar-refractivity contribution in [2.24, 2.45) is 5.92 Å². The van der Waals surface area contributed by atoms with Crippen molar-refractivity contribution >= 4 is 16.7 Å². The molecule has 0 spiro atoms. The molecule has 2 aromatic carbocycles. The van der Waals surface area contributed by atoms with Crippen LogP contribution in [-0.4, -0.2) is 17.6 Å². The Morgan fingerprint density at radius 1 is 1.15 bits per heavy atom. The van der Waals surface area contributed by atoms with Crippen LogP contribution >= 0.6 is 0 Å². The summed E-state index contributed by atoms with van der Waals surface area (Å²) in [6, 6.07) is 11.0. The second-order valence-corrected chi connectivity index (χ2v) is 5.08. The van der Waals surface area contributed by atoms with Crippen molar-refractivity contribution < 1.29 is 9.90 Å². The summed E-state index contributed by atoms with van der Waals surface area (Å²) in [5.74, 6) is 0.340. The molecular formula is C17H21NO2. The van der Waals surface area contributed by atoms with Crippen molar-refractivity contribution in [1.29, 1.82) is 0 Å². The first-order chi connectivity index (χ1) is 9.67. The molecule has 0 aliphatic rings. The fourth-order valence-electron chi connectivity index (χ4n) is 2.35. The summed E-state index contributed by atoms with van der Waals surface area (Å²) in [7, 11) is 0. The molecule has 0 saturated carbocycles. The number of nitrogens with one attached hydrogen (secondary N) is 1. The maximum Gasteiger partial charge on any atom is 0.255 e. The summed E-state index contributed by atoms with van der Waals surface area (Å²) < 4.78 is 0. The van der Waals surface area contributed by atoms with Gasteiger partial charge in [0.05, 0.1) is 5.56 Å². The Morgan fingerprint density at radius 2 is 1.85 bits per heavy atom. The van der Waals surface area contributed by atoms with Crippen LogP contribution in [0.5, 0.6) is 5.75 Å². The molecule has 2 aromatic rings. The number of aromatic hydroxyl groups is 1. The summed E-state index contributed by atoms with van der Waals surface area (Å²) in [5, 5.41) is 14.8. The molecule has 0 bridgehead atoms. The highest BCUT2D eigenvalue weighted by atomic mass is 16.3. The molecule has 0 aliphatic heterocycles. The normalized spacial score (nSPS) is 10.9. The zero-order chi connectivity index (χ0) is 14.5. The van der Waals surface area contributed by atoms with Gasteiger partial charge in [0.15, 0.2) is 0 Å². The highest BCUT2D eigenvalue weighted by Gasteiger charge is 2.14. The van der Waals surface area contributed by atoms with E-state index in [0.29, 0.717) is 23.4 Å². The summed E-state index contributed by atoms with van der Waals surface area (Å²) in [5.41, 5.74) is 0.342. The molecule has 3 nitrogen and oxygen atoms in total. The van der Waals surface area contributed by atoms with E-state index in [1.54, 1.807) is 6.07 Å². The summed E-state index contributed by atoms with van der Waals surface area (Å²) in [4.78, 5) is 12.2. The Kier molecular flexibility index (Phi) is 4.61. The highest BCUT2D eigenvalue weighted by molar-refractivity contribution is 6.03. The van der Waals surface area contributed by atoms with Crippen molar-refractivity contribution in [2.75, 3.05) is 6.54 Å². The van der Waals surface area contributed by atoms with Gasteiger partial charge in [-0.3, -0.25) is 4.79 Å². The third-order valence-corrected chi connectivity index (χ3v) is 3.85. The zero-order valence-electron chi connectivity index (χ0n) is 12.0. The molecule has 106 valence electrons. The molecule has 3 heteroatoms. The lowest BCUT2D eigenvalue weighted by Crippen LogP contribution is -2.28. The van der Waals surface area contributed by atoms with Crippen LogP contribution in [0.25, 0.3) is 10.8 Å². The Bertz CT molecular complexity index is 603. The molecule has 20 heavy (non-hydrogen) atoms. The topological polar surface area (TPSA) is 49.3 Å². The first-order valence-electron chi connectivity index (χ1n) is 7.16. The minimum Gasteiger partial charge on any atom is -0.506 e. The molecule has 2 N–H and O–H groups in total. The smallest absolute Gasteiger partial charge is 0.255 e. The van der Waals surface area contributed by atoms with E-state index >= 15 is 0 Å². The fourth-order valence-corrected chi connectivity index (χ4v) is 2.35. The number of hydrogen-bond donors (Lipinski definition) is 2. The lowest BCUT2D eigenvalue weighted by atomic mass is 10.0. The van der Waals surface area contributed by atoms with Gasteiger partial charge >= 0.3 is 0 Å². The van der Waals surface area contributed by atoms with Gasteiger partial charge in [-0.1, -0.05) is 57.0 Å². The van der Waals surface area contributed by atoms with E-state index in [2.05, 4.69) is 19.2 Å². The van der Waals surface area contributed by atoms with Gasteiger partial charge in [-0.2, -0.15) is 0 Å². The number of benzene rings is 2. The zero-order valence-corrected chi connectivity index (χ0v) is 12.0. The van der Waals surface area contributed by atoms with Crippen LogP contribution in [0, 0.1) is 5.92 Å². The van der Waals surface area contributed by atoms with Crippen molar-refractivity contribution in [3.8, 4) is 5.75 Å². The predicted molar refractivity (Wildman–Crippen MR) is 82.0 cm³/mol. The Balaban J connectivity index is 2.20. The standard InChI is InChI=1S/C17H21NO2/c1-3-12(4-2)11-18-17(20)15-10-9-13-7-5-6-8-14(13)16(15)19/h5-10,12,19H,3-4,11H2,1-2H3,(H,18,20). The Labute approximate surface area is 119 Å². The molecule has 1 amide bonds. The number of phenols is 1. The highest BCUT2D eigenvalue weighted by Crippen LogP contribution is 2.28. The van der Waals surface area contributed by atoms with E-state index in [9.17, 15) is 9.90 Å². The van der Waals surface area contributed by atoms with Crippen molar-refractivity contribution in [3.63, 3.8) is 0 Å². The molecule has 0 unspecified atom stereocenters. The van der Waals surface area contributed by atoms with Gasteiger partial charge < -0.3 is 10.4 Å². The summed E-state index contributed by atoms with van der Waals surface area (Å²) >= 11 is 0. The largest absolute Gasteiger partial charge is 0.506 e. The van der Waals surface area contributed by atoms with E-state index in [1.807, 2.05) is 30.3 Å².